The molecule has 0 saturated carbocycles. The van der Waals surface area contributed by atoms with Crippen LogP contribution in [0.3, 0.4) is 0 Å². The lowest BCUT2D eigenvalue weighted by molar-refractivity contribution is 0.102. The molecule has 0 aliphatic carbocycles. The summed E-state index contributed by atoms with van der Waals surface area (Å²) < 4.78 is 1.19. The Morgan fingerprint density at radius 1 is 1.26 bits per heavy atom. The molecule has 0 saturated heterocycles. The van der Waals surface area contributed by atoms with E-state index in [0.717, 1.165) is 11.1 Å². The Bertz CT molecular complexity index is 751. The third kappa shape index (κ3) is 2.28. The molecule has 2 aromatic heterocycles. The van der Waals surface area contributed by atoms with Gasteiger partial charge in [0.15, 0.2) is 5.69 Å². The normalized spacial score (nSPS) is 10.5. The summed E-state index contributed by atoms with van der Waals surface area (Å²) in [6.07, 6.45) is 1.55. The number of thiophene rings is 1. The van der Waals surface area contributed by atoms with E-state index in [0.29, 0.717) is 5.69 Å². The van der Waals surface area contributed by atoms with Gasteiger partial charge in [0.05, 0.1) is 5.69 Å². The number of carbonyl (C=O) groups is 1. The Morgan fingerprint density at radius 2 is 2.16 bits per heavy atom. The number of amides is 1. The summed E-state index contributed by atoms with van der Waals surface area (Å²) in [5.74, 6) is -0.298. The van der Waals surface area contributed by atoms with Crippen molar-refractivity contribution >= 4 is 38.7 Å². The lowest BCUT2D eigenvalue weighted by atomic mass is 10.2. The zero-order chi connectivity index (χ0) is 13.2. The fourth-order valence-electron chi connectivity index (χ4n) is 1.84. The molecule has 3 N–H and O–H groups in total. The SMILES string of the molecule is Nc1cccnc1C(=O)Nc1ccc2sccc2c1. The number of rotatable bonds is 2. The first-order chi connectivity index (χ1) is 9.24. The van der Waals surface area contributed by atoms with E-state index in [1.807, 2.05) is 29.6 Å². The predicted octanol–water partition coefficient (Wildman–Crippen LogP) is 3.13. The standard InChI is InChI=1S/C14H11N3OS/c15-11-2-1-6-16-13(11)14(18)17-10-3-4-12-9(8-10)5-7-19-12/h1-8H,15H2,(H,17,18). The van der Waals surface area contributed by atoms with Crippen LogP contribution >= 0.6 is 11.3 Å². The van der Waals surface area contributed by atoms with E-state index >= 15 is 0 Å². The van der Waals surface area contributed by atoms with Crippen LogP contribution in [0, 0.1) is 0 Å². The van der Waals surface area contributed by atoms with Gasteiger partial charge in [-0.3, -0.25) is 4.79 Å². The summed E-state index contributed by atoms with van der Waals surface area (Å²) in [4.78, 5) is 16.0. The summed E-state index contributed by atoms with van der Waals surface area (Å²) in [6, 6.07) is 11.2. The van der Waals surface area contributed by atoms with Gasteiger partial charge in [-0.25, -0.2) is 4.98 Å². The molecule has 2 heterocycles. The monoisotopic (exact) mass is 269 g/mol. The summed E-state index contributed by atoms with van der Waals surface area (Å²) in [6.45, 7) is 0. The Labute approximate surface area is 113 Å². The lowest BCUT2D eigenvalue weighted by Gasteiger charge is -2.06. The van der Waals surface area contributed by atoms with Crippen molar-refractivity contribution in [3.05, 3.63) is 53.7 Å². The van der Waals surface area contributed by atoms with E-state index in [-0.39, 0.29) is 11.6 Å². The second kappa shape index (κ2) is 4.70. The van der Waals surface area contributed by atoms with Crippen molar-refractivity contribution in [1.82, 2.24) is 4.98 Å². The molecule has 5 heteroatoms. The number of pyridine rings is 1. The zero-order valence-electron chi connectivity index (χ0n) is 9.96. The number of nitrogen functional groups attached to an aromatic ring is 1. The molecule has 0 radical (unpaired) electrons. The highest BCUT2D eigenvalue weighted by Crippen LogP contribution is 2.24. The van der Waals surface area contributed by atoms with Gasteiger partial charge in [0.2, 0.25) is 0 Å². The van der Waals surface area contributed by atoms with Crippen molar-refractivity contribution < 1.29 is 4.79 Å². The molecular formula is C14H11N3OS. The summed E-state index contributed by atoms with van der Waals surface area (Å²) >= 11 is 1.67. The van der Waals surface area contributed by atoms with Gasteiger partial charge < -0.3 is 11.1 Å². The van der Waals surface area contributed by atoms with Crippen molar-refractivity contribution in [3.63, 3.8) is 0 Å². The highest BCUT2D eigenvalue weighted by Gasteiger charge is 2.11. The van der Waals surface area contributed by atoms with Gasteiger partial charge in [-0.1, -0.05) is 0 Å². The second-order valence-electron chi connectivity index (χ2n) is 4.07. The Balaban J connectivity index is 1.88. The fourth-order valence-corrected chi connectivity index (χ4v) is 2.61. The van der Waals surface area contributed by atoms with Crippen LogP contribution < -0.4 is 11.1 Å². The average molecular weight is 269 g/mol. The Kier molecular flexibility index (Phi) is 2.89. The first-order valence-corrected chi connectivity index (χ1v) is 6.61. The van der Waals surface area contributed by atoms with Gasteiger partial charge in [-0.15, -0.1) is 11.3 Å². The molecule has 0 unspecified atom stereocenters. The molecule has 1 aromatic carbocycles. The highest BCUT2D eigenvalue weighted by atomic mass is 32.1. The first kappa shape index (κ1) is 11.7. The van der Waals surface area contributed by atoms with Crippen LogP contribution in [0.4, 0.5) is 11.4 Å². The van der Waals surface area contributed by atoms with Crippen LogP contribution in [0.15, 0.2) is 48.0 Å². The van der Waals surface area contributed by atoms with E-state index in [1.54, 1.807) is 29.7 Å². The van der Waals surface area contributed by atoms with Crippen molar-refractivity contribution in [1.29, 1.82) is 0 Å². The average Bonchev–Trinajstić information content (AvgIpc) is 2.86. The number of anilines is 2. The molecule has 94 valence electrons. The van der Waals surface area contributed by atoms with Gasteiger partial charge >= 0.3 is 0 Å². The minimum absolute atomic E-state index is 0.243. The maximum absolute atomic E-state index is 12.1. The molecule has 0 aliphatic heterocycles. The van der Waals surface area contributed by atoms with E-state index in [4.69, 9.17) is 5.73 Å². The second-order valence-corrected chi connectivity index (χ2v) is 5.02. The molecule has 0 bridgehead atoms. The van der Waals surface area contributed by atoms with Crippen LogP contribution in [0.1, 0.15) is 10.5 Å². The van der Waals surface area contributed by atoms with Gasteiger partial charge in [0.1, 0.15) is 0 Å². The highest BCUT2D eigenvalue weighted by molar-refractivity contribution is 7.17. The summed E-state index contributed by atoms with van der Waals surface area (Å²) in [5, 5.41) is 5.93. The molecule has 19 heavy (non-hydrogen) atoms. The smallest absolute Gasteiger partial charge is 0.276 e. The van der Waals surface area contributed by atoms with Crippen LogP contribution in [0.2, 0.25) is 0 Å². The summed E-state index contributed by atoms with van der Waals surface area (Å²) in [5.41, 5.74) is 7.08. The van der Waals surface area contributed by atoms with Crippen LogP contribution in [-0.4, -0.2) is 10.9 Å². The van der Waals surface area contributed by atoms with Crippen molar-refractivity contribution in [2.24, 2.45) is 0 Å². The van der Waals surface area contributed by atoms with E-state index in [9.17, 15) is 4.79 Å². The lowest BCUT2D eigenvalue weighted by Crippen LogP contribution is -2.15. The van der Waals surface area contributed by atoms with Crippen molar-refractivity contribution in [2.75, 3.05) is 11.1 Å². The van der Waals surface area contributed by atoms with Crippen molar-refractivity contribution in [3.8, 4) is 0 Å². The minimum Gasteiger partial charge on any atom is -0.397 e. The van der Waals surface area contributed by atoms with Crippen LogP contribution in [-0.2, 0) is 0 Å². The molecule has 1 amide bonds. The number of nitrogens with one attached hydrogen (secondary N) is 1. The number of hydrogen-bond donors (Lipinski definition) is 2. The van der Waals surface area contributed by atoms with Gasteiger partial charge in [0, 0.05) is 16.6 Å². The van der Waals surface area contributed by atoms with Gasteiger partial charge in [0.25, 0.3) is 5.91 Å². The van der Waals surface area contributed by atoms with E-state index in [2.05, 4.69) is 10.3 Å². The Morgan fingerprint density at radius 3 is 3.00 bits per heavy atom. The third-order valence-corrected chi connectivity index (χ3v) is 3.66. The van der Waals surface area contributed by atoms with Crippen LogP contribution in [0.25, 0.3) is 10.1 Å². The molecule has 3 rings (SSSR count). The largest absolute Gasteiger partial charge is 0.397 e. The number of carbonyl (C=O) groups excluding carboxylic acids is 1. The molecule has 0 aliphatic rings. The van der Waals surface area contributed by atoms with Crippen molar-refractivity contribution in [2.45, 2.75) is 0 Å². The van der Waals surface area contributed by atoms with E-state index in [1.165, 1.54) is 4.70 Å². The maximum Gasteiger partial charge on any atom is 0.276 e. The molecule has 0 spiro atoms. The Hall–Kier alpha value is -2.40. The molecular weight excluding hydrogens is 258 g/mol. The summed E-state index contributed by atoms with van der Waals surface area (Å²) in [7, 11) is 0. The van der Waals surface area contributed by atoms with E-state index < -0.39 is 0 Å². The topological polar surface area (TPSA) is 68.0 Å². The minimum atomic E-state index is -0.298. The number of aromatic nitrogens is 1. The number of hydrogen-bond acceptors (Lipinski definition) is 4. The molecule has 0 fully saturated rings. The fraction of sp³-hybridized carbons (Fsp3) is 0. The van der Waals surface area contributed by atoms with Gasteiger partial charge in [-0.05, 0) is 47.2 Å². The quantitative estimate of drug-likeness (QED) is 0.751. The predicted molar refractivity (Wildman–Crippen MR) is 78.4 cm³/mol. The first-order valence-electron chi connectivity index (χ1n) is 5.73. The third-order valence-electron chi connectivity index (χ3n) is 2.76. The number of fused-ring (bicyclic) bond motifs is 1. The zero-order valence-corrected chi connectivity index (χ0v) is 10.8. The number of nitrogens with zero attached hydrogens (tertiary/aromatic N) is 1. The maximum atomic E-state index is 12.1. The number of benzene rings is 1. The molecule has 0 atom stereocenters. The number of nitrogens with two attached hydrogens (primary N) is 1. The molecule has 3 aromatic rings. The van der Waals surface area contributed by atoms with Crippen LogP contribution in [0.5, 0.6) is 0 Å². The van der Waals surface area contributed by atoms with Gasteiger partial charge in [-0.2, -0.15) is 0 Å². The molecule has 4 nitrogen and oxygen atoms in total.